The number of piperazine rings is 1. The summed E-state index contributed by atoms with van der Waals surface area (Å²) in [7, 11) is 0. The summed E-state index contributed by atoms with van der Waals surface area (Å²) < 4.78 is 51.4. The van der Waals surface area contributed by atoms with Crippen LogP contribution >= 0.6 is 11.6 Å². The highest BCUT2D eigenvalue weighted by Gasteiger charge is 2.35. The van der Waals surface area contributed by atoms with Gasteiger partial charge in [-0.1, -0.05) is 11.6 Å². The molecule has 3 aromatic rings. The molecule has 0 radical (unpaired) electrons. The van der Waals surface area contributed by atoms with Crippen molar-refractivity contribution >= 4 is 39.9 Å². The van der Waals surface area contributed by atoms with Crippen molar-refractivity contribution < 1.29 is 27.1 Å². The van der Waals surface area contributed by atoms with E-state index >= 15 is 0 Å². The Balaban J connectivity index is 1.02. The molecule has 1 amide bonds. The molecule has 1 saturated heterocycles. The predicted octanol–water partition coefficient (Wildman–Crippen LogP) is 6.59. The number of halogens is 4. The van der Waals surface area contributed by atoms with Crippen LogP contribution < -0.4 is 5.32 Å². The summed E-state index contributed by atoms with van der Waals surface area (Å²) in [6.07, 6.45) is -1.95. The number of nitroso groups, excluding NO2 is 1. The SMILES string of the molecule is O=Nc1ccc(NC2CCC(OCC(=O)N3CCN(Cc4cc5cc(Cl)ccc5o4)CC3)CC2)cc1C(F)(F)F. The molecule has 0 atom stereocenters. The van der Waals surface area contributed by atoms with Gasteiger partial charge in [0.15, 0.2) is 0 Å². The molecule has 2 aliphatic rings. The molecule has 1 N–H and O–H groups in total. The number of rotatable bonds is 8. The third-order valence-electron chi connectivity index (χ3n) is 7.52. The molecule has 1 aliphatic carbocycles. The Morgan fingerprint density at radius 1 is 1.05 bits per heavy atom. The fourth-order valence-corrected chi connectivity index (χ4v) is 5.53. The highest BCUT2D eigenvalue weighted by molar-refractivity contribution is 6.31. The molecule has 0 unspecified atom stereocenters. The Morgan fingerprint density at radius 3 is 2.50 bits per heavy atom. The van der Waals surface area contributed by atoms with E-state index in [1.54, 1.807) is 6.07 Å². The molecule has 214 valence electrons. The maximum absolute atomic E-state index is 13.2. The van der Waals surface area contributed by atoms with Gasteiger partial charge in [-0.25, -0.2) is 0 Å². The monoisotopic (exact) mass is 578 g/mol. The third-order valence-corrected chi connectivity index (χ3v) is 7.76. The zero-order valence-electron chi connectivity index (χ0n) is 21.8. The van der Waals surface area contributed by atoms with E-state index in [1.165, 1.54) is 6.07 Å². The van der Waals surface area contributed by atoms with Crippen molar-refractivity contribution in [1.82, 2.24) is 9.80 Å². The lowest BCUT2D eigenvalue weighted by molar-refractivity contribution is -0.140. The minimum Gasteiger partial charge on any atom is -0.460 e. The molecule has 5 rings (SSSR count). The lowest BCUT2D eigenvalue weighted by Crippen LogP contribution is -2.49. The molecule has 2 fully saturated rings. The second-order valence-corrected chi connectivity index (χ2v) is 10.7. The maximum Gasteiger partial charge on any atom is 0.418 e. The Kier molecular flexibility index (Phi) is 8.62. The van der Waals surface area contributed by atoms with Crippen molar-refractivity contribution in [2.24, 2.45) is 5.18 Å². The van der Waals surface area contributed by atoms with E-state index in [4.69, 9.17) is 20.8 Å². The van der Waals surface area contributed by atoms with Crippen LogP contribution in [0.5, 0.6) is 0 Å². The van der Waals surface area contributed by atoms with Crippen LogP contribution in [0.1, 0.15) is 37.0 Å². The van der Waals surface area contributed by atoms with Gasteiger partial charge in [-0.15, -0.1) is 4.91 Å². The van der Waals surface area contributed by atoms with Gasteiger partial charge in [0.25, 0.3) is 0 Å². The number of alkyl halides is 3. The first kappa shape index (κ1) is 28.4. The minimum absolute atomic E-state index is 0.0161. The van der Waals surface area contributed by atoms with E-state index in [2.05, 4.69) is 15.4 Å². The number of carbonyl (C=O) groups excluding carboxylic acids is 1. The Morgan fingerprint density at radius 2 is 1.80 bits per heavy atom. The summed E-state index contributed by atoms with van der Waals surface area (Å²) in [4.78, 5) is 27.5. The second kappa shape index (κ2) is 12.2. The van der Waals surface area contributed by atoms with Gasteiger partial charge in [-0.3, -0.25) is 9.69 Å². The van der Waals surface area contributed by atoms with Crippen molar-refractivity contribution in [1.29, 1.82) is 0 Å². The van der Waals surface area contributed by atoms with Crippen LogP contribution in [-0.4, -0.2) is 60.6 Å². The van der Waals surface area contributed by atoms with Crippen LogP contribution in [0.4, 0.5) is 24.5 Å². The molecule has 0 bridgehead atoms. The lowest BCUT2D eigenvalue weighted by atomic mass is 9.92. The number of amides is 1. The molecule has 2 heterocycles. The van der Waals surface area contributed by atoms with Crippen molar-refractivity contribution in [3.8, 4) is 0 Å². The molecule has 1 aliphatic heterocycles. The summed E-state index contributed by atoms with van der Waals surface area (Å²) >= 11 is 6.06. The molecule has 1 aromatic heterocycles. The van der Waals surface area contributed by atoms with E-state index in [1.807, 2.05) is 23.1 Å². The van der Waals surface area contributed by atoms with Crippen molar-refractivity contribution in [3.63, 3.8) is 0 Å². The van der Waals surface area contributed by atoms with E-state index in [9.17, 15) is 22.9 Å². The number of nitrogens with one attached hydrogen (secondary N) is 1. The largest absolute Gasteiger partial charge is 0.460 e. The van der Waals surface area contributed by atoms with E-state index < -0.39 is 17.4 Å². The van der Waals surface area contributed by atoms with Gasteiger partial charge in [-0.2, -0.15) is 13.2 Å². The van der Waals surface area contributed by atoms with E-state index in [0.29, 0.717) is 56.0 Å². The van der Waals surface area contributed by atoms with Crippen LogP contribution in [0.25, 0.3) is 11.0 Å². The summed E-state index contributed by atoms with van der Waals surface area (Å²) in [5, 5.41) is 7.24. The normalized spacial score (nSPS) is 20.6. The Bertz CT molecular complexity index is 1350. The fourth-order valence-electron chi connectivity index (χ4n) is 5.35. The van der Waals surface area contributed by atoms with Crippen LogP contribution in [-0.2, 0) is 22.3 Å². The lowest BCUT2D eigenvalue weighted by Gasteiger charge is -2.35. The zero-order valence-corrected chi connectivity index (χ0v) is 22.5. The number of nitrogens with zero attached hydrogens (tertiary/aromatic N) is 3. The minimum atomic E-state index is -4.66. The van der Waals surface area contributed by atoms with Crippen LogP contribution in [0.3, 0.4) is 0 Å². The number of fused-ring (bicyclic) bond motifs is 1. The topological polar surface area (TPSA) is 87.4 Å². The number of furan rings is 1. The van der Waals surface area contributed by atoms with Crippen molar-refractivity contribution in [3.05, 3.63) is 63.7 Å². The van der Waals surface area contributed by atoms with Gasteiger partial charge in [0.2, 0.25) is 5.91 Å². The number of anilines is 1. The second-order valence-electron chi connectivity index (χ2n) is 10.3. The summed E-state index contributed by atoms with van der Waals surface area (Å²) in [5.41, 5.74) is -0.582. The average Bonchev–Trinajstić information content (AvgIpc) is 3.33. The van der Waals surface area contributed by atoms with E-state index in [0.717, 1.165) is 42.0 Å². The molecule has 2 aromatic carbocycles. The predicted molar refractivity (Wildman–Crippen MR) is 146 cm³/mol. The van der Waals surface area contributed by atoms with Gasteiger partial charge >= 0.3 is 6.18 Å². The number of hydrogen-bond acceptors (Lipinski definition) is 7. The third kappa shape index (κ3) is 6.94. The van der Waals surface area contributed by atoms with E-state index in [-0.39, 0.29) is 24.7 Å². The average molecular weight is 579 g/mol. The van der Waals surface area contributed by atoms with Gasteiger partial charge in [0.05, 0.1) is 18.2 Å². The molecule has 1 saturated carbocycles. The first-order chi connectivity index (χ1) is 19.2. The molecule has 40 heavy (non-hydrogen) atoms. The molecular weight excluding hydrogens is 549 g/mol. The highest BCUT2D eigenvalue weighted by Crippen LogP contribution is 2.38. The molecule has 8 nitrogen and oxygen atoms in total. The Labute approximate surface area is 234 Å². The molecule has 12 heteroatoms. The summed E-state index contributed by atoms with van der Waals surface area (Å²) in [6.45, 7) is 3.38. The first-order valence-corrected chi connectivity index (χ1v) is 13.7. The van der Waals surface area contributed by atoms with Crippen LogP contribution in [0.2, 0.25) is 5.02 Å². The van der Waals surface area contributed by atoms with Gasteiger partial charge in [0, 0.05) is 48.3 Å². The van der Waals surface area contributed by atoms with Gasteiger partial charge < -0.3 is 19.4 Å². The van der Waals surface area contributed by atoms with Crippen LogP contribution in [0.15, 0.2) is 52.1 Å². The quantitative estimate of drug-likeness (QED) is 0.304. The number of ether oxygens (including phenoxy) is 1. The standard InChI is InChI=1S/C28H30ClF3N4O4/c29-19-1-8-26-18(13-19)14-23(40-26)16-35-9-11-36(12-10-35)27(37)17-39-22-5-2-20(3-6-22)33-21-4-7-25(34-38)24(15-21)28(30,31)32/h1,4,7-8,13-15,20,22,33H,2-3,5-6,9-12,16-17H2. The van der Waals surface area contributed by atoms with Crippen molar-refractivity contribution in [2.45, 2.75) is 50.6 Å². The highest BCUT2D eigenvalue weighted by atomic mass is 35.5. The Hall–Kier alpha value is -3.15. The summed E-state index contributed by atoms with van der Waals surface area (Å²) in [5.74, 6) is 0.822. The summed E-state index contributed by atoms with van der Waals surface area (Å²) in [6, 6.07) is 10.9. The maximum atomic E-state index is 13.2. The smallest absolute Gasteiger partial charge is 0.418 e. The first-order valence-electron chi connectivity index (χ1n) is 13.3. The molecular formula is C28H30ClF3N4O4. The number of benzene rings is 2. The fraction of sp³-hybridized carbons (Fsp3) is 0.464. The number of hydrogen-bond donors (Lipinski definition) is 1. The van der Waals surface area contributed by atoms with Gasteiger partial charge in [-0.05, 0) is 73.3 Å². The zero-order chi connectivity index (χ0) is 28.3. The van der Waals surface area contributed by atoms with Crippen LogP contribution in [0, 0.1) is 4.91 Å². The van der Waals surface area contributed by atoms with Gasteiger partial charge in [0.1, 0.15) is 23.6 Å². The van der Waals surface area contributed by atoms with Crippen molar-refractivity contribution in [2.75, 3.05) is 38.1 Å². The number of carbonyl (C=O) groups is 1. The molecule has 0 spiro atoms.